The van der Waals surface area contributed by atoms with Gasteiger partial charge in [-0.25, -0.2) is 0 Å². The van der Waals surface area contributed by atoms with E-state index in [4.69, 9.17) is 0 Å². The van der Waals surface area contributed by atoms with Crippen molar-refractivity contribution in [2.24, 2.45) is 45.3 Å². The third kappa shape index (κ3) is 21.0. The van der Waals surface area contributed by atoms with Crippen LogP contribution in [0.4, 0.5) is 0 Å². The molecule has 0 spiro atoms. The molecule has 0 bridgehead atoms. The van der Waals surface area contributed by atoms with Crippen molar-refractivity contribution in [2.75, 3.05) is 6.61 Å². The van der Waals surface area contributed by atoms with Gasteiger partial charge < -0.3 is 20.4 Å². The lowest BCUT2D eigenvalue weighted by molar-refractivity contribution is 0.00806. The van der Waals surface area contributed by atoms with Crippen molar-refractivity contribution in [3.05, 3.63) is 0 Å². The molecule has 1 unspecified atom stereocenters. The Labute approximate surface area is 298 Å². The van der Waals surface area contributed by atoms with Gasteiger partial charge in [0.1, 0.15) is 0 Å². The van der Waals surface area contributed by atoms with Crippen molar-refractivity contribution in [3.8, 4) is 0 Å². The van der Waals surface area contributed by atoms with Crippen LogP contribution in [0.3, 0.4) is 0 Å². The fourth-order valence-electron chi connectivity index (χ4n) is 5.74. The van der Waals surface area contributed by atoms with E-state index >= 15 is 0 Å². The highest BCUT2D eigenvalue weighted by atomic mass is 16.3. The van der Waals surface area contributed by atoms with Gasteiger partial charge in [0, 0.05) is 6.61 Å². The van der Waals surface area contributed by atoms with Crippen molar-refractivity contribution >= 4 is 0 Å². The minimum absolute atomic E-state index is 0.107. The van der Waals surface area contributed by atoms with Gasteiger partial charge in [-0.2, -0.15) is 0 Å². The third-order valence-corrected chi connectivity index (χ3v) is 12.9. The van der Waals surface area contributed by atoms with Gasteiger partial charge in [0.2, 0.25) is 0 Å². The molecule has 0 aromatic rings. The highest BCUT2D eigenvalue weighted by Crippen LogP contribution is 2.38. The van der Waals surface area contributed by atoms with Gasteiger partial charge in [0.15, 0.2) is 0 Å². The normalized spacial score (nSPS) is 18.7. The predicted molar refractivity (Wildman–Crippen MR) is 212 cm³/mol. The van der Waals surface area contributed by atoms with E-state index in [1.807, 2.05) is 20.8 Å². The van der Waals surface area contributed by atoms with Gasteiger partial charge in [-0.3, -0.25) is 0 Å². The first kappa shape index (κ1) is 53.6. The van der Waals surface area contributed by atoms with Crippen LogP contribution < -0.4 is 0 Å². The zero-order valence-corrected chi connectivity index (χ0v) is 36.0. The molecule has 0 rings (SSSR count). The van der Waals surface area contributed by atoms with Crippen molar-refractivity contribution in [2.45, 2.75) is 227 Å². The van der Waals surface area contributed by atoms with E-state index in [9.17, 15) is 20.4 Å². The summed E-state index contributed by atoms with van der Waals surface area (Å²) in [6.45, 7) is 41.2. The Balaban J connectivity index is -0.000000262. The smallest absolute Gasteiger partial charge is 0.0568 e. The standard InChI is InChI=1S/3C11H24O.C10H22O/c3*1-6-7-8-11(5,9(2)3)10(4)12;1-5-6-7-10(4,8-11)9(2)3/h3*9-10,12H,6-8H2,1-5H3;9,11H,5-8H2,1-4H3/t10?,11-;10-,11+;10-,11-;10-/m0011/s1. The predicted octanol–water partition coefficient (Wildman–Crippen LogP) is 12.5. The highest BCUT2D eigenvalue weighted by Gasteiger charge is 2.34. The molecule has 0 saturated heterocycles. The molecule has 0 radical (unpaired) electrons. The average Bonchev–Trinajstić information content (AvgIpc) is 3.00. The van der Waals surface area contributed by atoms with E-state index in [2.05, 4.69) is 111 Å². The van der Waals surface area contributed by atoms with Gasteiger partial charge in [-0.15, -0.1) is 0 Å². The van der Waals surface area contributed by atoms with Crippen LogP contribution in [0, 0.1) is 45.3 Å². The fraction of sp³-hybridized carbons (Fsp3) is 1.00. The zero-order chi connectivity index (χ0) is 38.2. The molecule has 47 heavy (non-hydrogen) atoms. The number of aliphatic hydroxyl groups is 4. The van der Waals surface area contributed by atoms with Crippen molar-refractivity contribution < 1.29 is 20.4 Å². The molecule has 0 aliphatic carbocycles. The molecule has 0 aliphatic heterocycles. The first-order valence-electron chi connectivity index (χ1n) is 20.1. The fourth-order valence-corrected chi connectivity index (χ4v) is 5.74. The van der Waals surface area contributed by atoms with Crippen LogP contribution in [-0.4, -0.2) is 45.3 Å². The molecule has 4 nitrogen and oxygen atoms in total. The molecule has 0 saturated carbocycles. The molecule has 4 heteroatoms. The quantitative estimate of drug-likeness (QED) is 0.104. The summed E-state index contributed by atoms with van der Waals surface area (Å²) >= 11 is 0. The van der Waals surface area contributed by atoms with Crippen LogP contribution in [0.5, 0.6) is 0 Å². The average molecular weight is 675 g/mol. The molecular formula is C43H94O4. The lowest BCUT2D eigenvalue weighted by atomic mass is 9.71. The maximum atomic E-state index is 9.67. The first-order valence-corrected chi connectivity index (χ1v) is 20.1. The maximum Gasteiger partial charge on any atom is 0.0568 e. The summed E-state index contributed by atoms with van der Waals surface area (Å²) < 4.78 is 0. The molecule has 0 aliphatic rings. The summed E-state index contributed by atoms with van der Waals surface area (Å²) in [5.74, 6) is 2.26. The summed E-state index contributed by atoms with van der Waals surface area (Å²) in [5, 5.41) is 38.2. The monoisotopic (exact) mass is 675 g/mol. The van der Waals surface area contributed by atoms with Crippen LogP contribution >= 0.6 is 0 Å². The zero-order valence-electron chi connectivity index (χ0n) is 36.0. The largest absolute Gasteiger partial charge is 0.396 e. The van der Waals surface area contributed by atoms with Crippen molar-refractivity contribution in [3.63, 3.8) is 0 Å². The van der Waals surface area contributed by atoms with Crippen LogP contribution in [-0.2, 0) is 0 Å². The Morgan fingerprint density at radius 2 is 0.596 bits per heavy atom. The molecule has 4 N–H and O–H groups in total. The lowest BCUT2D eigenvalue weighted by Crippen LogP contribution is -2.35. The second-order valence-corrected chi connectivity index (χ2v) is 17.4. The van der Waals surface area contributed by atoms with Gasteiger partial charge in [0.25, 0.3) is 0 Å². The Morgan fingerprint density at radius 1 is 0.383 bits per heavy atom. The molecule has 0 fully saturated rings. The molecule has 0 aromatic carbocycles. The Kier molecular flexibility index (Phi) is 31.4. The van der Waals surface area contributed by atoms with Gasteiger partial charge in [-0.05, 0) is 91.8 Å². The third-order valence-electron chi connectivity index (χ3n) is 12.9. The highest BCUT2D eigenvalue weighted by molar-refractivity contribution is 4.84. The molecule has 0 amide bonds. The topological polar surface area (TPSA) is 80.9 Å². The molecular weight excluding hydrogens is 580 g/mol. The lowest BCUT2D eigenvalue weighted by Gasteiger charge is -2.36. The molecule has 290 valence electrons. The number of hydrogen-bond donors (Lipinski definition) is 4. The maximum absolute atomic E-state index is 9.67. The summed E-state index contributed by atoms with van der Waals surface area (Å²) in [5.41, 5.74) is 0.470. The van der Waals surface area contributed by atoms with Gasteiger partial charge in [0.05, 0.1) is 18.3 Å². The summed E-state index contributed by atoms with van der Waals surface area (Å²) in [6.07, 6.45) is 13.8. The van der Waals surface area contributed by atoms with E-state index in [1.54, 1.807) is 0 Å². The number of hydrogen-bond acceptors (Lipinski definition) is 4. The second kappa shape index (κ2) is 27.5. The van der Waals surface area contributed by atoms with Gasteiger partial charge >= 0.3 is 0 Å². The Morgan fingerprint density at radius 3 is 0.723 bits per heavy atom. The molecule has 0 heterocycles. The SMILES string of the molecule is CCCC[C@@](C)(C(C)C)C(C)O.CCCC[C@](C)(C(C)C)[C@@H](C)O.CCCC[C@](C)(C(C)C)[C@H](C)O.CCCC[C@](C)(CO)C(C)C. The van der Waals surface area contributed by atoms with Crippen LogP contribution in [0.15, 0.2) is 0 Å². The van der Waals surface area contributed by atoms with Crippen LogP contribution in [0.25, 0.3) is 0 Å². The van der Waals surface area contributed by atoms with Crippen LogP contribution in [0.2, 0.25) is 0 Å². The first-order chi connectivity index (χ1) is 21.4. The van der Waals surface area contributed by atoms with E-state index in [-0.39, 0.29) is 40.0 Å². The number of unbranched alkanes of at least 4 members (excludes halogenated alkanes) is 4. The van der Waals surface area contributed by atoms with Crippen LogP contribution in [0.1, 0.15) is 209 Å². The summed E-state index contributed by atoms with van der Waals surface area (Å²) in [7, 11) is 0. The Bertz CT molecular complexity index is 584. The minimum Gasteiger partial charge on any atom is -0.396 e. The van der Waals surface area contributed by atoms with E-state index in [0.717, 1.165) is 25.7 Å². The van der Waals surface area contributed by atoms with E-state index in [0.29, 0.717) is 30.3 Å². The van der Waals surface area contributed by atoms with Crippen molar-refractivity contribution in [1.29, 1.82) is 0 Å². The Hall–Kier alpha value is -0.160. The van der Waals surface area contributed by atoms with E-state index < -0.39 is 0 Å². The summed E-state index contributed by atoms with van der Waals surface area (Å²) in [6, 6.07) is 0. The molecule has 7 atom stereocenters. The summed E-state index contributed by atoms with van der Waals surface area (Å²) in [4.78, 5) is 0. The number of aliphatic hydroxyl groups excluding tert-OH is 4. The second-order valence-electron chi connectivity index (χ2n) is 17.4. The molecule has 0 aromatic heterocycles. The van der Waals surface area contributed by atoms with Crippen molar-refractivity contribution in [1.82, 2.24) is 0 Å². The minimum atomic E-state index is -0.191. The number of rotatable bonds is 20. The van der Waals surface area contributed by atoms with E-state index in [1.165, 1.54) is 51.4 Å². The van der Waals surface area contributed by atoms with Gasteiger partial charge in [-0.1, -0.05) is 162 Å².